The van der Waals surface area contributed by atoms with Gasteiger partial charge in [-0.1, -0.05) is 29.8 Å². The van der Waals surface area contributed by atoms with Gasteiger partial charge in [0.25, 0.3) is 0 Å². The highest BCUT2D eigenvalue weighted by molar-refractivity contribution is 5.83. The maximum atomic E-state index is 12.3. The van der Waals surface area contributed by atoms with E-state index >= 15 is 0 Å². The highest BCUT2D eigenvalue weighted by Crippen LogP contribution is 2.11. The summed E-state index contributed by atoms with van der Waals surface area (Å²) in [5.41, 5.74) is 2.58. The summed E-state index contributed by atoms with van der Waals surface area (Å²) in [6.07, 6.45) is -0.378. The van der Waals surface area contributed by atoms with Crippen molar-refractivity contribution in [1.29, 1.82) is 0 Å². The zero-order valence-corrected chi connectivity index (χ0v) is 13.5. The van der Waals surface area contributed by atoms with E-state index in [-0.39, 0.29) is 18.5 Å². The number of nitrogens with zero attached hydrogens (tertiary/aromatic N) is 3. The number of cyclic esters (lactones) is 1. The fourth-order valence-electron chi connectivity index (χ4n) is 3.06. The fourth-order valence-corrected chi connectivity index (χ4v) is 3.06. The summed E-state index contributed by atoms with van der Waals surface area (Å²) in [6.45, 7) is 7.21. The maximum Gasteiger partial charge on any atom is 0.410 e. The number of carbonyl (C=O) groups is 2. The van der Waals surface area contributed by atoms with Gasteiger partial charge in [-0.25, -0.2) is 4.79 Å². The molecule has 2 fully saturated rings. The molecule has 0 aliphatic carbocycles. The Bertz CT molecular complexity index is 582. The van der Waals surface area contributed by atoms with Crippen LogP contribution in [0.4, 0.5) is 4.79 Å². The molecule has 2 heterocycles. The average molecular weight is 317 g/mol. The quantitative estimate of drug-likeness (QED) is 0.834. The molecule has 2 aliphatic heterocycles. The summed E-state index contributed by atoms with van der Waals surface area (Å²) in [5.74, 6) is 0.0130. The Hall–Kier alpha value is -2.08. The molecule has 0 bridgehead atoms. The van der Waals surface area contributed by atoms with Gasteiger partial charge >= 0.3 is 6.09 Å². The van der Waals surface area contributed by atoms with Gasteiger partial charge in [0, 0.05) is 32.7 Å². The van der Waals surface area contributed by atoms with E-state index in [9.17, 15) is 9.59 Å². The van der Waals surface area contributed by atoms with E-state index < -0.39 is 0 Å². The average Bonchev–Trinajstić information content (AvgIpc) is 2.93. The molecule has 124 valence electrons. The van der Waals surface area contributed by atoms with Crippen molar-refractivity contribution in [3.63, 3.8) is 0 Å². The minimum absolute atomic E-state index is 0.0130. The Balaban J connectivity index is 1.46. The minimum Gasteiger partial charge on any atom is -0.448 e. The molecule has 0 aromatic heterocycles. The molecule has 1 aromatic rings. The van der Waals surface area contributed by atoms with Gasteiger partial charge in [0.05, 0.1) is 6.54 Å². The van der Waals surface area contributed by atoms with Gasteiger partial charge in [-0.3, -0.25) is 14.6 Å². The molecule has 2 saturated heterocycles. The molecule has 0 radical (unpaired) electrons. The molecule has 0 unspecified atom stereocenters. The summed E-state index contributed by atoms with van der Waals surface area (Å²) < 4.78 is 4.85. The van der Waals surface area contributed by atoms with Crippen LogP contribution in [0.25, 0.3) is 0 Å². The summed E-state index contributed by atoms with van der Waals surface area (Å²) in [4.78, 5) is 29.4. The SMILES string of the molecule is Cc1cccc(CN2CCN(C(=O)CN3CCOC3=O)CC2)c1. The van der Waals surface area contributed by atoms with Crippen LogP contribution in [0.15, 0.2) is 24.3 Å². The lowest BCUT2D eigenvalue weighted by Crippen LogP contribution is -2.51. The first kappa shape index (κ1) is 15.8. The molecule has 23 heavy (non-hydrogen) atoms. The molecule has 6 nitrogen and oxygen atoms in total. The Labute approximate surface area is 136 Å². The highest BCUT2D eigenvalue weighted by Gasteiger charge is 2.28. The minimum atomic E-state index is -0.378. The molecule has 0 spiro atoms. The topological polar surface area (TPSA) is 53.1 Å². The monoisotopic (exact) mass is 317 g/mol. The second-order valence-electron chi connectivity index (χ2n) is 6.18. The smallest absolute Gasteiger partial charge is 0.410 e. The first-order valence-corrected chi connectivity index (χ1v) is 8.09. The van der Waals surface area contributed by atoms with E-state index in [1.54, 1.807) is 0 Å². The van der Waals surface area contributed by atoms with Crippen LogP contribution >= 0.6 is 0 Å². The second kappa shape index (κ2) is 7.00. The van der Waals surface area contributed by atoms with E-state index in [1.165, 1.54) is 16.0 Å². The van der Waals surface area contributed by atoms with Crippen molar-refractivity contribution in [2.45, 2.75) is 13.5 Å². The number of amides is 2. The van der Waals surface area contributed by atoms with Crippen molar-refractivity contribution in [3.05, 3.63) is 35.4 Å². The summed E-state index contributed by atoms with van der Waals surface area (Å²) in [7, 11) is 0. The fraction of sp³-hybridized carbons (Fsp3) is 0.529. The van der Waals surface area contributed by atoms with Crippen LogP contribution in [0.1, 0.15) is 11.1 Å². The van der Waals surface area contributed by atoms with E-state index in [4.69, 9.17) is 4.74 Å². The molecular weight excluding hydrogens is 294 g/mol. The van der Waals surface area contributed by atoms with Crippen LogP contribution in [0.5, 0.6) is 0 Å². The predicted octanol–water partition coefficient (Wildman–Crippen LogP) is 1.09. The number of aryl methyl sites for hydroxylation is 1. The Kier molecular flexibility index (Phi) is 4.81. The van der Waals surface area contributed by atoms with Crippen molar-refractivity contribution in [1.82, 2.24) is 14.7 Å². The lowest BCUT2D eigenvalue weighted by atomic mass is 10.1. The summed E-state index contributed by atoms with van der Waals surface area (Å²) in [6, 6.07) is 8.53. The van der Waals surface area contributed by atoms with Gasteiger partial charge in [0.2, 0.25) is 5.91 Å². The van der Waals surface area contributed by atoms with Crippen molar-refractivity contribution in [3.8, 4) is 0 Å². The van der Waals surface area contributed by atoms with Crippen LogP contribution in [-0.2, 0) is 16.1 Å². The number of hydrogen-bond acceptors (Lipinski definition) is 4. The van der Waals surface area contributed by atoms with E-state index in [0.717, 1.165) is 19.6 Å². The normalized spacial score (nSPS) is 19.1. The van der Waals surface area contributed by atoms with Crippen molar-refractivity contribution >= 4 is 12.0 Å². The Morgan fingerprint density at radius 2 is 1.96 bits per heavy atom. The standard InChI is InChI=1S/C17H23N3O3/c1-14-3-2-4-15(11-14)12-18-5-7-19(8-6-18)16(21)13-20-9-10-23-17(20)22/h2-4,11H,5-10,12-13H2,1H3. The third-order valence-electron chi connectivity index (χ3n) is 4.38. The molecule has 2 aliphatic rings. The molecular formula is C17H23N3O3. The number of ether oxygens (including phenoxy) is 1. The second-order valence-corrected chi connectivity index (χ2v) is 6.18. The number of carbonyl (C=O) groups excluding carboxylic acids is 2. The third kappa shape index (κ3) is 4.01. The van der Waals surface area contributed by atoms with Gasteiger partial charge in [0.15, 0.2) is 0 Å². The molecule has 3 rings (SSSR count). The van der Waals surface area contributed by atoms with Gasteiger partial charge in [0.1, 0.15) is 13.2 Å². The summed E-state index contributed by atoms with van der Waals surface area (Å²) in [5, 5.41) is 0. The van der Waals surface area contributed by atoms with Gasteiger partial charge < -0.3 is 9.64 Å². The zero-order chi connectivity index (χ0) is 16.2. The number of hydrogen-bond donors (Lipinski definition) is 0. The van der Waals surface area contributed by atoms with Crippen LogP contribution in [0.2, 0.25) is 0 Å². The van der Waals surface area contributed by atoms with E-state index in [2.05, 4.69) is 36.1 Å². The van der Waals surface area contributed by atoms with Crippen molar-refractivity contribution < 1.29 is 14.3 Å². The predicted molar refractivity (Wildman–Crippen MR) is 86.0 cm³/mol. The first-order chi connectivity index (χ1) is 11.1. The van der Waals surface area contributed by atoms with Gasteiger partial charge in [-0.15, -0.1) is 0 Å². The summed E-state index contributed by atoms with van der Waals surface area (Å²) >= 11 is 0. The molecule has 0 N–H and O–H groups in total. The number of rotatable bonds is 4. The molecule has 0 saturated carbocycles. The third-order valence-corrected chi connectivity index (χ3v) is 4.38. The van der Waals surface area contributed by atoms with E-state index in [1.807, 2.05) is 4.90 Å². The molecule has 0 atom stereocenters. The maximum absolute atomic E-state index is 12.3. The Morgan fingerprint density at radius 3 is 2.61 bits per heavy atom. The van der Waals surface area contributed by atoms with Gasteiger partial charge in [-0.2, -0.15) is 0 Å². The molecule has 1 aromatic carbocycles. The van der Waals surface area contributed by atoms with Crippen LogP contribution in [0.3, 0.4) is 0 Å². The van der Waals surface area contributed by atoms with E-state index in [0.29, 0.717) is 26.2 Å². The van der Waals surface area contributed by atoms with Crippen LogP contribution in [0, 0.1) is 6.92 Å². The largest absolute Gasteiger partial charge is 0.448 e. The van der Waals surface area contributed by atoms with Crippen molar-refractivity contribution in [2.75, 3.05) is 45.9 Å². The molecule has 6 heteroatoms. The number of piperazine rings is 1. The molecule has 2 amide bonds. The van der Waals surface area contributed by atoms with Crippen LogP contribution in [-0.4, -0.2) is 72.6 Å². The van der Waals surface area contributed by atoms with Crippen LogP contribution < -0.4 is 0 Å². The Morgan fingerprint density at radius 1 is 1.17 bits per heavy atom. The highest BCUT2D eigenvalue weighted by atomic mass is 16.6. The lowest BCUT2D eigenvalue weighted by Gasteiger charge is -2.35. The zero-order valence-electron chi connectivity index (χ0n) is 13.5. The lowest BCUT2D eigenvalue weighted by molar-refractivity contribution is -0.133. The van der Waals surface area contributed by atoms with Gasteiger partial charge in [-0.05, 0) is 12.5 Å². The number of benzene rings is 1. The first-order valence-electron chi connectivity index (χ1n) is 8.09. The van der Waals surface area contributed by atoms with Crippen molar-refractivity contribution in [2.24, 2.45) is 0 Å².